The standard InChI is InChI=1S/C22H31N3O2/c1-4-6-9-17(5-2)22(26)25-15-8-7-10-19(25)21-23-20(24-27-21)18-13-11-16(3)12-14-18/h11-14,17,19H,4-10,15H2,1-3H3/t17-,19-/m1/s1. The molecule has 146 valence electrons. The quantitative estimate of drug-likeness (QED) is 0.663. The topological polar surface area (TPSA) is 59.2 Å². The fraction of sp³-hybridized carbons (Fsp3) is 0.591. The van der Waals surface area contributed by atoms with Crippen LogP contribution in [-0.4, -0.2) is 27.5 Å². The molecule has 0 aliphatic carbocycles. The van der Waals surface area contributed by atoms with Crippen molar-refractivity contribution in [3.05, 3.63) is 35.7 Å². The molecule has 0 saturated carbocycles. The van der Waals surface area contributed by atoms with E-state index in [0.29, 0.717) is 11.7 Å². The van der Waals surface area contributed by atoms with E-state index >= 15 is 0 Å². The maximum Gasteiger partial charge on any atom is 0.249 e. The van der Waals surface area contributed by atoms with Gasteiger partial charge in [-0.2, -0.15) is 4.98 Å². The predicted molar refractivity (Wildman–Crippen MR) is 106 cm³/mol. The minimum Gasteiger partial charge on any atom is -0.337 e. The van der Waals surface area contributed by atoms with Crippen LogP contribution < -0.4 is 0 Å². The molecule has 1 aliphatic rings. The molecule has 5 heteroatoms. The average Bonchev–Trinajstić information content (AvgIpc) is 3.19. The minimum atomic E-state index is -0.0892. The van der Waals surface area contributed by atoms with Gasteiger partial charge in [-0.15, -0.1) is 0 Å². The third kappa shape index (κ3) is 4.57. The second kappa shape index (κ2) is 9.16. The van der Waals surface area contributed by atoms with E-state index in [4.69, 9.17) is 4.52 Å². The zero-order chi connectivity index (χ0) is 19.2. The Bertz CT molecular complexity index is 738. The lowest BCUT2D eigenvalue weighted by atomic mass is 9.94. The van der Waals surface area contributed by atoms with Crippen molar-refractivity contribution in [2.24, 2.45) is 5.92 Å². The zero-order valence-electron chi connectivity index (χ0n) is 16.8. The first-order chi connectivity index (χ1) is 13.1. The molecule has 2 atom stereocenters. The Kier molecular flexibility index (Phi) is 6.64. The monoisotopic (exact) mass is 369 g/mol. The highest BCUT2D eigenvalue weighted by Gasteiger charge is 2.34. The molecule has 3 rings (SSSR count). The van der Waals surface area contributed by atoms with Crippen LogP contribution in [0.2, 0.25) is 0 Å². The van der Waals surface area contributed by atoms with Crippen LogP contribution >= 0.6 is 0 Å². The van der Waals surface area contributed by atoms with Crippen LogP contribution in [0, 0.1) is 12.8 Å². The minimum absolute atomic E-state index is 0.0892. The second-order valence-corrected chi connectivity index (χ2v) is 7.61. The normalized spacial score (nSPS) is 18.5. The van der Waals surface area contributed by atoms with Gasteiger partial charge < -0.3 is 9.42 Å². The van der Waals surface area contributed by atoms with Crippen LogP contribution in [0.15, 0.2) is 28.8 Å². The number of benzene rings is 1. The molecule has 2 aromatic rings. The maximum atomic E-state index is 13.2. The molecule has 1 aromatic heterocycles. The Labute approximate surface area is 162 Å². The van der Waals surface area contributed by atoms with Crippen LogP contribution in [-0.2, 0) is 4.79 Å². The maximum absolute atomic E-state index is 13.2. The SMILES string of the molecule is CCCC[C@@H](CC)C(=O)N1CCCC[C@@H]1c1nc(-c2ccc(C)cc2)no1. The Morgan fingerprint density at radius 1 is 1.26 bits per heavy atom. The summed E-state index contributed by atoms with van der Waals surface area (Å²) in [5.41, 5.74) is 2.14. The summed E-state index contributed by atoms with van der Waals surface area (Å²) in [6, 6.07) is 8.01. The smallest absolute Gasteiger partial charge is 0.249 e. The van der Waals surface area contributed by atoms with Crippen molar-refractivity contribution >= 4 is 5.91 Å². The first kappa shape index (κ1) is 19.6. The molecule has 1 saturated heterocycles. The number of carbonyl (C=O) groups is 1. The van der Waals surface area contributed by atoms with Gasteiger partial charge in [0.25, 0.3) is 0 Å². The third-order valence-corrected chi connectivity index (χ3v) is 5.57. The van der Waals surface area contributed by atoms with E-state index in [1.807, 2.05) is 29.2 Å². The number of amides is 1. The van der Waals surface area contributed by atoms with Gasteiger partial charge in [-0.3, -0.25) is 4.79 Å². The van der Waals surface area contributed by atoms with Crippen molar-refractivity contribution in [2.75, 3.05) is 6.54 Å². The summed E-state index contributed by atoms with van der Waals surface area (Å²) in [7, 11) is 0. The fourth-order valence-corrected chi connectivity index (χ4v) is 3.83. The largest absolute Gasteiger partial charge is 0.337 e. The number of piperidine rings is 1. The molecule has 0 radical (unpaired) electrons. The number of hydrogen-bond acceptors (Lipinski definition) is 4. The molecule has 27 heavy (non-hydrogen) atoms. The number of aromatic nitrogens is 2. The van der Waals surface area contributed by atoms with Gasteiger partial charge >= 0.3 is 0 Å². The number of nitrogens with zero attached hydrogens (tertiary/aromatic N) is 3. The van der Waals surface area contributed by atoms with Gasteiger partial charge in [-0.25, -0.2) is 0 Å². The fourth-order valence-electron chi connectivity index (χ4n) is 3.83. The summed E-state index contributed by atoms with van der Waals surface area (Å²) in [5, 5.41) is 4.18. The van der Waals surface area contributed by atoms with Gasteiger partial charge in [0.15, 0.2) is 0 Å². The van der Waals surface area contributed by atoms with Crippen LogP contribution in [0.25, 0.3) is 11.4 Å². The molecule has 0 unspecified atom stereocenters. The average molecular weight is 370 g/mol. The number of rotatable bonds is 7. The van der Waals surface area contributed by atoms with E-state index < -0.39 is 0 Å². The highest BCUT2D eigenvalue weighted by Crippen LogP contribution is 2.33. The molecule has 0 bridgehead atoms. The first-order valence-corrected chi connectivity index (χ1v) is 10.3. The molecule has 0 spiro atoms. The van der Waals surface area contributed by atoms with E-state index in [9.17, 15) is 4.79 Å². The van der Waals surface area contributed by atoms with E-state index in [0.717, 1.165) is 57.1 Å². The summed E-state index contributed by atoms with van der Waals surface area (Å²) in [6.45, 7) is 7.12. The van der Waals surface area contributed by atoms with Crippen LogP contribution in [0.3, 0.4) is 0 Å². The Balaban J connectivity index is 1.79. The van der Waals surface area contributed by atoms with Crippen LogP contribution in [0.5, 0.6) is 0 Å². The van der Waals surface area contributed by atoms with Gasteiger partial charge in [0.2, 0.25) is 17.6 Å². The summed E-state index contributed by atoms with van der Waals surface area (Å²) < 4.78 is 5.61. The molecule has 0 N–H and O–H groups in total. The van der Waals surface area contributed by atoms with Gasteiger partial charge in [0.1, 0.15) is 6.04 Å². The van der Waals surface area contributed by atoms with Crippen molar-refractivity contribution in [1.82, 2.24) is 15.0 Å². The molecule has 1 amide bonds. The summed E-state index contributed by atoms with van der Waals surface area (Å²) in [4.78, 5) is 19.8. The van der Waals surface area contributed by atoms with Gasteiger partial charge in [-0.1, -0.05) is 61.7 Å². The summed E-state index contributed by atoms with van der Waals surface area (Å²) >= 11 is 0. The molecule has 1 aromatic carbocycles. The molecular formula is C22H31N3O2. The highest BCUT2D eigenvalue weighted by atomic mass is 16.5. The third-order valence-electron chi connectivity index (χ3n) is 5.57. The van der Waals surface area contributed by atoms with Crippen molar-refractivity contribution in [3.8, 4) is 11.4 Å². The zero-order valence-corrected chi connectivity index (χ0v) is 16.8. The Hall–Kier alpha value is -2.17. The summed E-state index contributed by atoms with van der Waals surface area (Å²) in [6.07, 6.45) is 7.10. The molecule has 5 nitrogen and oxygen atoms in total. The molecule has 1 aliphatic heterocycles. The van der Waals surface area contributed by atoms with Crippen molar-refractivity contribution < 1.29 is 9.32 Å². The predicted octanol–water partition coefficient (Wildman–Crippen LogP) is 5.32. The van der Waals surface area contributed by atoms with Gasteiger partial charge in [0, 0.05) is 18.0 Å². The van der Waals surface area contributed by atoms with Crippen LogP contribution in [0.4, 0.5) is 0 Å². The van der Waals surface area contributed by atoms with Gasteiger partial charge in [0.05, 0.1) is 0 Å². The van der Waals surface area contributed by atoms with Crippen LogP contribution in [0.1, 0.15) is 76.3 Å². The lowest BCUT2D eigenvalue weighted by molar-refractivity contribution is -0.140. The summed E-state index contributed by atoms with van der Waals surface area (Å²) in [5.74, 6) is 1.53. The molecular weight excluding hydrogens is 338 g/mol. The van der Waals surface area contributed by atoms with E-state index in [1.165, 1.54) is 5.56 Å². The lowest BCUT2D eigenvalue weighted by Crippen LogP contribution is -2.42. The van der Waals surface area contributed by atoms with E-state index in [2.05, 4.69) is 30.9 Å². The Morgan fingerprint density at radius 3 is 2.74 bits per heavy atom. The number of hydrogen-bond donors (Lipinski definition) is 0. The van der Waals surface area contributed by atoms with Gasteiger partial charge in [-0.05, 0) is 39.0 Å². The van der Waals surface area contributed by atoms with Crippen molar-refractivity contribution in [2.45, 2.75) is 71.8 Å². The number of likely N-dealkylation sites (tertiary alicyclic amines) is 1. The highest BCUT2D eigenvalue weighted by molar-refractivity contribution is 5.79. The van der Waals surface area contributed by atoms with Crippen molar-refractivity contribution in [3.63, 3.8) is 0 Å². The first-order valence-electron chi connectivity index (χ1n) is 10.3. The van der Waals surface area contributed by atoms with E-state index in [1.54, 1.807) is 0 Å². The number of carbonyl (C=O) groups excluding carboxylic acids is 1. The second-order valence-electron chi connectivity index (χ2n) is 7.61. The van der Waals surface area contributed by atoms with Crippen molar-refractivity contribution in [1.29, 1.82) is 0 Å². The molecule has 1 fully saturated rings. The number of unbranched alkanes of at least 4 members (excludes halogenated alkanes) is 1. The lowest BCUT2D eigenvalue weighted by Gasteiger charge is -2.35. The number of aryl methyl sites for hydroxylation is 1. The molecule has 2 heterocycles. The van der Waals surface area contributed by atoms with E-state index in [-0.39, 0.29) is 17.9 Å². The Morgan fingerprint density at radius 2 is 2.04 bits per heavy atom.